The van der Waals surface area contributed by atoms with Gasteiger partial charge in [-0.1, -0.05) is 48.0 Å². The maximum absolute atomic E-state index is 12.1. The number of carbonyl (C=O) groups is 1. The predicted molar refractivity (Wildman–Crippen MR) is 115 cm³/mol. The molecule has 2 aliphatic carbocycles. The van der Waals surface area contributed by atoms with Crippen LogP contribution in [-0.4, -0.2) is 5.97 Å². The first-order valence-electron chi connectivity index (χ1n) is 9.61. The second-order valence-corrected chi connectivity index (χ2v) is 7.96. The summed E-state index contributed by atoms with van der Waals surface area (Å²) < 4.78 is 12.2. The average molecular weight is 403 g/mol. The molecule has 0 fully saturated rings. The number of halogens is 1. The molecule has 0 aromatic heterocycles. The van der Waals surface area contributed by atoms with Crippen molar-refractivity contribution in [3.05, 3.63) is 89.0 Å². The van der Waals surface area contributed by atoms with E-state index >= 15 is 0 Å². The molecule has 2 bridgehead atoms. The summed E-state index contributed by atoms with van der Waals surface area (Å²) in [4.78, 5) is 12.1. The Kier molecular flexibility index (Phi) is 4.21. The van der Waals surface area contributed by atoms with E-state index in [1.54, 1.807) is 0 Å². The molecule has 2 aliphatic rings. The van der Waals surface area contributed by atoms with Crippen LogP contribution in [0.2, 0.25) is 5.02 Å². The Labute approximate surface area is 174 Å². The van der Waals surface area contributed by atoms with Gasteiger partial charge in [0.1, 0.15) is 17.2 Å². The average Bonchev–Trinajstić information content (AvgIpc) is 3.28. The fourth-order valence-corrected chi connectivity index (χ4v) is 4.78. The maximum atomic E-state index is 12.1. The van der Waals surface area contributed by atoms with Crippen LogP contribution in [0, 0.1) is 0 Å². The zero-order valence-electron chi connectivity index (χ0n) is 15.9. The third-order valence-corrected chi connectivity index (χ3v) is 6.04. The van der Waals surface area contributed by atoms with Gasteiger partial charge in [-0.25, -0.2) is 4.79 Å². The lowest BCUT2D eigenvalue weighted by Crippen LogP contribution is -2.10. The second-order valence-electron chi connectivity index (χ2n) is 7.52. The van der Waals surface area contributed by atoms with E-state index in [4.69, 9.17) is 21.1 Å². The van der Waals surface area contributed by atoms with Crippen molar-refractivity contribution < 1.29 is 14.3 Å². The first-order chi connectivity index (χ1) is 14.1. The molecule has 0 N–H and O–H groups in total. The van der Waals surface area contributed by atoms with Crippen LogP contribution < -0.4 is 9.47 Å². The Bertz CT molecular complexity index is 1190. The van der Waals surface area contributed by atoms with Crippen LogP contribution in [0.4, 0.5) is 0 Å². The molecule has 2 unspecified atom stereocenters. The minimum Gasteiger partial charge on any atom is -0.456 e. The lowest BCUT2D eigenvalue weighted by Gasteiger charge is -2.24. The highest BCUT2D eigenvalue weighted by Gasteiger charge is 2.42. The van der Waals surface area contributed by atoms with Gasteiger partial charge in [-0.15, -0.1) is 0 Å². The summed E-state index contributed by atoms with van der Waals surface area (Å²) in [6, 6.07) is 15.3. The molecule has 0 aliphatic heterocycles. The molecule has 3 aromatic rings. The van der Waals surface area contributed by atoms with E-state index in [1.165, 1.54) is 11.6 Å². The first kappa shape index (κ1) is 18.0. The summed E-state index contributed by atoms with van der Waals surface area (Å²) in [5.41, 5.74) is 3.44. The van der Waals surface area contributed by atoms with E-state index in [2.05, 4.69) is 19.6 Å². The lowest BCUT2D eigenvalue weighted by molar-refractivity contribution is -0.128. The van der Waals surface area contributed by atoms with Gasteiger partial charge in [0, 0.05) is 44.8 Å². The zero-order valence-corrected chi connectivity index (χ0v) is 16.7. The van der Waals surface area contributed by atoms with Gasteiger partial charge in [-0.05, 0) is 43.7 Å². The van der Waals surface area contributed by atoms with Gasteiger partial charge in [-0.3, -0.25) is 0 Å². The van der Waals surface area contributed by atoms with E-state index in [9.17, 15) is 4.79 Å². The summed E-state index contributed by atoms with van der Waals surface area (Å²) in [7, 11) is 0. The van der Waals surface area contributed by atoms with Gasteiger partial charge in [0.2, 0.25) is 0 Å². The molecule has 2 atom stereocenters. The first-order valence-corrected chi connectivity index (χ1v) is 9.99. The van der Waals surface area contributed by atoms with E-state index in [-0.39, 0.29) is 11.8 Å². The van der Waals surface area contributed by atoms with Gasteiger partial charge in [0.25, 0.3) is 0 Å². The molecule has 0 spiro atoms. The molecule has 5 rings (SSSR count). The fraction of sp³-hybridized carbons (Fsp3) is 0.160. The minimum atomic E-state index is -0.468. The molecule has 0 radical (unpaired) electrons. The maximum Gasteiger partial charge on any atom is 0.335 e. The second kappa shape index (κ2) is 6.78. The van der Waals surface area contributed by atoms with Crippen LogP contribution in [0.15, 0.2) is 72.8 Å². The van der Waals surface area contributed by atoms with Crippen LogP contribution in [-0.2, 0) is 4.79 Å². The molecular weight excluding hydrogens is 384 g/mol. The Morgan fingerprint density at radius 2 is 1.90 bits per heavy atom. The summed E-state index contributed by atoms with van der Waals surface area (Å²) >= 11 is 6.34. The molecule has 0 saturated carbocycles. The Morgan fingerprint density at radius 3 is 2.66 bits per heavy atom. The van der Waals surface area contributed by atoms with Gasteiger partial charge in [-0.2, -0.15) is 0 Å². The number of carbonyl (C=O) groups excluding carboxylic acids is 1. The number of allylic oxidation sites excluding steroid dienone is 2. The number of benzene rings is 3. The van der Waals surface area contributed by atoms with Crippen LogP contribution >= 0.6 is 11.6 Å². The Hall–Kier alpha value is -3.04. The quantitative estimate of drug-likeness (QED) is 0.206. The number of ether oxygens (including phenoxy) is 2. The number of hydrogen-bond acceptors (Lipinski definition) is 3. The van der Waals surface area contributed by atoms with Crippen LogP contribution in [0.1, 0.15) is 36.3 Å². The van der Waals surface area contributed by atoms with E-state index < -0.39 is 5.97 Å². The van der Waals surface area contributed by atoms with Gasteiger partial charge in [0.15, 0.2) is 0 Å². The van der Waals surface area contributed by atoms with Crippen molar-refractivity contribution in [2.45, 2.75) is 25.2 Å². The summed E-state index contributed by atoms with van der Waals surface area (Å²) in [6.45, 7) is 5.68. The van der Waals surface area contributed by atoms with Crippen molar-refractivity contribution in [2.75, 3.05) is 0 Å². The largest absolute Gasteiger partial charge is 0.456 e. The highest BCUT2D eigenvalue weighted by Crippen LogP contribution is 2.61. The monoisotopic (exact) mass is 402 g/mol. The summed E-state index contributed by atoms with van der Waals surface area (Å²) in [6.07, 6.45) is 4.45. The van der Waals surface area contributed by atoms with Crippen molar-refractivity contribution in [3.63, 3.8) is 0 Å². The third-order valence-electron chi connectivity index (χ3n) is 5.81. The van der Waals surface area contributed by atoms with Crippen molar-refractivity contribution >= 4 is 28.3 Å². The van der Waals surface area contributed by atoms with E-state index in [0.717, 1.165) is 39.8 Å². The van der Waals surface area contributed by atoms with E-state index in [0.29, 0.717) is 10.8 Å². The van der Waals surface area contributed by atoms with Crippen molar-refractivity contribution in [1.82, 2.24) is 0 Å². The predicted octanol–water partition coefficient (Wildman–Crippen LogP) is 6.91. The fourth-order valence-electron chi connectivity index (χ4n) is 4.61. The molecule has 29 heavy (non-hydrogen) atoms. The standard InChI is InChI=1S/C25H19ClO3/c1-3-21(27)29-24-18-10-9-16(26)13-20(18)25(28-17-7-5-4-6-8-17)22-15-11-14(2)19(12-15)23(22)24/h3-11,13,15,19H,1,12H2,2H3. The smallest absolute Gasteiger partial charge is 0.335 e. The number of fused-ring (bicyclic) bond motifs is 6. The molecule has 3 nitrogen and oxygen atoms in total. The number of para-hydroxylation sites is 1. The molecular formula is C25H19ClO3. The normalized spacial score (nSPS) is 19.0. The number of hydrogen-bond donors (Lipinski definition) is 0. The third kappa shape index (κ3) is 2.85. The van der Waals surface area contributed by atoms with Crippen LogP contribution in [0.3, 0.4) is 0 Å². The van der Waals surface area contributed by atoms with Gasteiger partial charge < -0.3 is 9.47 Å². The SMILES string of the molecule is C=CC(=O)Oc1c2c(c(Oc3ccccc3)c3cc(Cl)ccc13)C1C=C(C)C2C1. The number of esters is 1. The molecule has 144 valence electrons. The number of rotatable bonds is 4. The highest BCUT2D eigenvalue weighted by molar-refractivity contribution is 6.31. The van der Waals surface area contributed by atoms with Crippen molar-refractivity contribution in [1.29, 1.82) is 0 Å². The van der Waals surface area contributed by atoms with Crippen LogP contribution in [0.25, 0.3) is 10.8 Å². The molecule has 0 saturated heterocycles. The van der Waals surface area contributed by atoms with Crippen molar-refractivity contribution in [2.24, 2.45) is 0 Å². The van der Waals surface area contributed by atoms with Gasteiger partial charge in [0.05, 0.1) is 0 Å². The topological polar surface area (TPSA) is 35.5 Å². The van der Waals surface area contributed by atoms with Crippen molar-refractivity contribution in [3.8, 4) is 17.2 Å². The highest BCUT2D eigenvalue weighted by atomic mass is 35.5. The molecule has 4 heteroatoms. The molecule has 0 amide bonds. The summed E-state index contributed by atoms with van der Waals surface area (Å²) in [5.74, 6) is 2.13. The minimum absolute atomic E-state index is 0.223. The molecule has 3 aromatic carbocycles. The van der Waals surface area contributed by atoms with E-state index in [1.807, 2.05) is 48.5 Å². The Balaban J connectivity index is 1.82. The zero-order chi connectivity index (χ0) is 20.1. The Morgan fingerprint density at radius 1 is 1.10 bits per heavy atom. The van der Waals surface area contributed by atoms with Gasteiger partial charge >= 0.3 is 5.97 Å². The van der Waals surface area contributed by atoms with Crippen LogP contribution in [0.5, 0.6) is 17.2 Å². The lowest BCUT2D eigenvalue weighted by atomic mass is 9.87. The summed E-state index contributed by atoms with van der Waals surface area (Å²) in [5, 5.41) is 2.26. The molecule has 0 heterocycles.